The molecule has 0 saturated carbocycles. The number of hydrogen-bond acceptors (Lipinski definition) is 3. The Labute approximate surface area is 104 Å². The number of nitrogens with zero attached hydrogens (tertiary/aromatic N) is 1. The van der Waals surface area contributed by atoms with Crippen molar-refractivity contribution in [1.29, 1.82) is 0 Å². The SMILES string of the molecule is Cc1cccc(C)c1N1CC(C)OC(CN)C1. The fourth-order valence-corrected chi connectivity index (χ4v) is 2.66. The van der Waals surface area contributed by atoms with Gasteiger partial charge in [0.05, 0.1) is 12.2 Å². The molecule has 0 aromatic heterocycles. The molecule has 1 aromatic rings. The van der Waals surface area contributed by atoms with E-state index in [1.807, 2.05) is 0 Å². The molecule has 1 aromatic carbocycles. The third-order valence-corrected chi connectivity index (χ3v) is 3.34. The van der Waals surface area contributed by atoms with Gasteiger partial charge in [-0.3, -0.25) is 0 Å². The monoisotopic (exact) mass is 234 g/mol. The molecule has 94 valence electrons. The summed E-state index contributed by atoms with van der Waals surface area (Å²) >= 11 is 0. The van der Waals surface area contributed by atoms with Crippen LogP contribution in [0.25, 0.3) is 0 Å². The van der Waals surface area contributed by atoms with Crippen molar-refractivity contribution in [2.45, 2.75) is 33.0 Å². The average molecular weight is 234 g/mol. The molecule has 1 aliphatic heterocycles. The number of hydrogen-bond donors (Lipinski definition) is 1. The lowest BCUT2D eigenvalue weighted by Gasteiger charge is -2.39. The lowest BCUT2D eigenvalue weighted by Crippen LogP contribution is -2.49. The quantitative estimate of drug-likeness (QED) is 0.849. The van der Waals surface area contributed by atoms with E-state index in [4.69, 9.17) is 10.5 Å². The van der Waals surface area contributed by atoms with E-state index >= 15 is 0 Å². The van der Waals surface area contributed by atoms with Crippen LogP contribution in [-0.2, 0) is 4.74 Å². The normalized spacial score (nSPS) is 25.1. The van der Waals surface area contributed by atoms with Gasteiger partial charge >= 0.3 is 0 Å². The Hall–Kier alpha value is -1.06. The fourth-order valence-electron chi connectivity index (χ4n) is 2.66. The van der Waals surface area contributed by atoms with Crippen molar-refractivity contribution in [3.63, 3.8) is 0 Å². The first kappa shape index (κ1) is 12.4. The number of nitrogens with two attached hydrogens (primary N) is 1. The van der Waals surface area contributed by atoms with Crippen molar-refractivity contribution in [2.75, 3.05) is 24.5 Å². The van der Waals surface area contributed by atoms with Crippen LogP contribution < -0.4 is 10.6 Å². The molecule has 0 spiro atoms. The largest absolute Gasteiger partial charge is 0.370 e. The van der Waals surface area contributed by atoms with Crippen LogP contribution in [0.5, 0.6) is 0 Å². The Morgan fingerprint density at radius 1 is 1.29 bits per heavy atom. The molecular weight excluding hydrogens is 212 g/mol. The average Bonchev–Trinajstić information content (AvgIpc) is 2.28. The van der Waals surface area contributed by atoms with E-state index < -0.39 is 0 Å². The van der Waals surface area contributed by atoms with Crippen LogP contribution in [-0.4, -0.2) is 31.8 Å². The van der Waals surface area contributed by atoms with Gasteiger partial charge in [0.15, 0.2) is 0 Å². The molecule has 1 saturated heterocycles. The molecule has 0 aliphatic carbocycles. The van der Waals surface area contributed by atoms with Crippen LogP contribution in [0.2, 0.25) is 0 Å². The summed E-state index contributed by atoms with van der Waals surface area (Å²) in [6.07, 6.45) is 0.397. The van der Waals surface area contributed by atoms with E-state index in [2.05, 4.69) is 43.9 Å². The number of para-hydroxylation sites is 1. The molecule has 2 N–H and O–H groups in total. The molecule has 3 heteroatoms. The molecule has 17 heavy (non-hydrogen) atoms. The standard InChI is InChI=1S/C14H22N2O/c1-10-5-4-6-11(2)14(10)16-8-12(3)17-13(7-15)9-16/h4-6,12-13H,7-9,15H2,1-3H3. The number of rotatable bonds is 2. The van der Waals surface area contributed by atoms with Gasteiger partial charge in [0, 0.05) is 25.3 Å². The predicted molar refractivity (Wildman–Crippen MR) is 71.5 cm³/mol. The Balaban J connectivity index is 2.26. The van der Waals surface area contributed by atoms with Gasteiger partial charge in [0.1, 0.15) is 0 Å². The van der Waals surface area contributed by atoms with Crippen molar-refractivity contribution in [3.05, 3.63) is 29.3 Å². The van der Waals surface area contributed by atoms with Gasteiger partial charge in [0.2, 0.25) is 0 Å². The summed E-state index contributed by atoms with van der Waals surface area (Å²) in [4.78, 5) is 2.41. The minimum Gasteiger partial charge on any atom is -0.370 e. The van der Waals surface area contributed by atoms with Crippen LogP contribution in [0.1, 0.15) is 18.1 Å². The summed E-state index contributed by atoms with van der Waals surface area (Å²) in [6, 6.07) is 6.44. The summed E-state index contributed by atoms with van der Waals surface area (Å²) in [5.74, 6) is 0. The molecule has 0 bridgehead atoms. The third kappa shape index (κ3) is 2.61. The van der Waals surface area contributed by atoms with Gasteiger partial charge in [-0.15, -0.1) is 0 Å². The topological polar surface area (TPSA) is 38.5 Å². The summed E-state index contributed by atoms with van der Waals surface area (Å²) in [7, 11) is 0. The summed E-state index contributed by atoms with van der Waals surface area (Å²) in [5.41, 5.74) is 9.74. The molecule has 2 rings (SSSR count). The lowest BCUT2D eigenvalue weighted by molar-refractivity contribution is -0.0105. The second-order valence-electron chi connectivity index (χ2n) is 4.95. The first-order valence-corrected chi connectivity index (χ1v) is 6.28. The first-order chi connectivity index (χ1) is 8.11. The summed E-state index contributed by atoms with van der Waals surface area (Å²) in [5, 5.41) is 0. The second-order valence-corrected chi connectivity index (χ2v) is 4.95. The molecule has 0 radical (unpaired) electrons. The number of morpholine rings is 1. The maximum atomic E-state index is 5.80. The van der Waals surface area contributed by atoms with Crippen molar-refractivity contribution in [1.82, 2.24) is 0 Å². The van der Waals surface area contributed by atoms with E-state index in [0.29, 0.717) is 6.54 Å². The van der Waals surface area contributed by atoms with Crippen molar-refractivity contribution >= 4 is 5.69 Å². The second kappa shape index (κ2) is 5.07. The van der Waals surface area contributed by atoms with E-state index in [0.717, 1.165) is 13.1 Å². The maximum absolute atomic E-state index is 5.80. The van der Waals surface area contributed by atoms with Crippen LogP contribution >= 0.6 is 0 Å². The molecule has 2 unspecified atom stereocenters. The number of ether oxygens (including phenoxy) is 1. The van der Waals surface area contributed by atoms with E-state index in [1.165, 1.54) is 16.8 Å². The highest BCUT2D eigenvalue weighted by atomic mass is 16.5. The molecule has 3 nitrogen and oxygen atoms in total. The van der Waals surface area contributed by atoms with Gasteiger partial charge in [-0.2, -0.15) is 0 Å². The van der Waals surface area contributed by atoms with Gasteiger partial charge in [0.25, 0.3) is 0 Å². The number of aryl methyl sites for hydroxylation is 2. The third-order valence-electron chi connectivity index (χ3n) is 3.34. The van der Waals surface area contributed by atoms with Crippen molar-refractivity contribution in [2.24, 2.45) is 5.73 Å². The van der Waals surface area contributed by atoms with E-state index in [-0.39, 0.29) is 12.2 Å². The van der Waals surface area contributed by atoms with Crippen LogP contribution in [0.3, 0.4) is 0 Å². The van der Waals surface area contributed by atoms with Gasteiger partial charge in [-0.25, -0.2) is 0 Å². The Bertz CT molecular complexity index is 372. The van der Waals surface area contributed by atoms with Crippen LogP contribution in [0, 0.1) is 13.8 Å². The van der Waals surface area contributed by atoms with Gasteiger partial charge < -0.3 is 15.4 Å². The smallest absolute Gasteiger partial charge is 0.0876 e. The van der Waals surface area contributed by atoms with Gasteiger partial charge in [-0.05, 0) is 31.9 Å². The highest BCUT2D eigenvalue weighted by Crippen LogP contribution is 2.27. The zero-order valence-electron chi connectivity index (χ0n) is 10.9. The molecule has 1 aliphatic rings. The van der Waals surface area contributed by atoms with Crippen molar-refractivity contribution < 1.29 is 4.74 Å². The molecular formula is C14H22N2O. The predicted octanol–water partition coefficient (Wildman–Crippen LogP) is 1.86. The zero-order valence-corrected chi connectivity index (χ0v) is 10.9. The van der Waals surface area contributed by atoms with Crippen LogP contribution in [0.4, 0.5) is 5.69 Å². The fraction of sp³-hybridized carbons (Fsp3) is 0.571. The zero-order chi connectivity index (χ0) is 12.4. The van der Waals surface area contributed by atoms with Gasteiger partial charge in [-0.1, -0.05) is 18.2 Å². The molecule has 0 amide bonds. The minimum atomic E-state index is 0.151. The number of benzene rings is 1. The van der Waals surface area contributed by atoms with E-state index in [1.54, 1.807) is 0 Å². The van der Waals surface area contributed by atoms with Crippen molar-refractivity contribution in [3.8, 4) is 0 Å². The highest BCUT2D eigenvalue weighted by molar-refractivity contribution is 5.59. The molecule has 1 fully saturated rings. The Morgan fingerprint density at radius 2 is 1.94 bits per heavy atom. The molecule has 1 heterocycles. The Morgan fingerprint density at radius 3 is 2.53 bits per heavy atom. The van der Waals surface area contributed by atoms with Crippen LogP contribution in [0.15, 0.2) is 18.2 Å². The Kier molecular flexibility index (Phi) is 3.69. The molecule has 2 atom stereocenters. The number of anilines is 1. The summed E-state index contributed by atoms with van der Waals surface area (Å²) in [6.45, 7) is 8.88. The highest BCUT2D eigenvalue weighted by Gasteiger charge is 2.25. The summed E-state index contributed by atoms with van der Waals surface area (Å²) < 4.78 is 5.80. The lowest BCUT2D eigenvalue weighted by atomic mass is 10.1. The minimum absolute atomic E-state index is 0.151. The van der Waals surface area contributed by atoms with E-state index in [9.17, 15) is 0 Å². The first-order valence-electron chi connectivity index (χ1n) is 6.28. The maximum Gasteiger partial charge on any atom is 0.0876 e.